The number of hydrogen-bond acceptors (Lipinski definition) is 4. The number of benzene rings is 1. The van der Waals surface area contributed by atoms with Crippen LogP contribution in [0.4, 0.5) is 0 Å². The fourth-order valence-corrected chi connectivity index (χ4v) is 3.81. The number of aromatic nitrogens is 2. The van der Waals surface area contributed by atoms with Crippen molar-refractivity contribution in [1.29, 1.82) is 0 Å². The van der Waals surface area contributed by atoms with Crippen LogP contribution in [0.3, 0.4) is 0 Å². The maximum Gasteiger partial charge on any atom is 0.240 e. The van der Waals surface area contributed by atoms with Crippen LogP contribution in [0.2, 0.25) is 0 Å². The van der Waals surface area contributed by atoms with Gasteiger partial charge in [0.05, 0.1) is 17.1 Å². The molecule has 0 aliphatic rings. The van der Waals surface area contributed by atoms with E-state index in [1.807, 2.05) is 19.9 Å². The monoisotopic (exact) mass is 349 g/mol. The van der Waals surface area contributed by atoms with Crippen LogP contribution in [-0.4, -0.2) is 30.0 Å². The summed E-state index contributed by atoms with van der Waals surface area (Å²) in [5.41, 5.74) is 2.29. The molecule has 0 saturated heterocycles. The summed E-state index contributed by atoms with van der Waals surface area (Å²) in [6.07, 6.45) is 0.339. The Bertz CT molecular complexity index is 841. The highest BCUT2D eigenvalue weighted by atomic mass is 32.2. The predicted molar refractivity (Wildman–Crippen MR) is 92.5 cm³/mol. The number of aryl methyl sites for hydroxylation is 2. The number of carbonyl (C=O) groups is 1. The number of carbonyl (C=O) groups excluding carboxylic acids is 1. The summed E-state index contributed by atoms with van der Waals surface area (Å²) in [7, 11) is -3.69. The average Bonchev–Trinajstić information content (AvgIpc) is 2.83. The minimum absolute atomic E-state index is 0.0808. The molecule has 7 heteroatoms. The molecule has 0 radical (unpaired) electrons. The van der Waals surface area contributed by atoms with Gasteiger partial charge in [0.25, 0.3) is 0 Å². The number of nitrogens with one attached hydrogen (secondary N) is 1. The second kappa shape index (κ2) is 7.27. The molecule has 2 aromatic rings. The lowest BCUT2D eigenvalue weighted by Gasteiger charge is -2.15. The van der Waals surface area contributed by atoms with E-state index >= 15 is 0 Å². The largest absolute Gasteiger partial charge is 0.294 e. The van der Waals surface area contributed by atoms with E-state index < -0.39 is 10.0 Å². The third kappa shape index (κ3) is 4.30. The predicted octanol–water partition coefficient (Wildman–Crippen LogP) is 2.46. The van der Waals surface area contributed by atoms with Crippen LogP contribution in [0.1, 0.15) is 42.0 Å². The number of rotatable bonds is 7. The highest BCUT2D eigenvalue weighted by molar-refractivity contribution is 7.89. The summed E-state index contributed by atoms with van der Waals surface area (Å²) >= 11 is 0. The van der Waals surface area contributed by atoms with Crippen molar-refractivity contribution in [3.05, 3.63) is 47.3 Å². The molecule has 0 aliphatic heterocycles. The fraction of sp³-hybridized carbons (Fsp3) is 0.412. The van der Waals surface area contributed by atoms with Gasteiger partial charge in [0.2, 0.25) is 10.0 Å². The Hall–Kier alpha value is -1.99. The zero-order valence-electron chi connectivity index (χ0n) is 14.4. The highest BCUT2D eigenvalue weighted by Gasteiger charge is 2.19. The Morgan fingerprint density at radius 3 is 2.58 bits per heavy atom. The van der Waals surface area contributed by atoms with Gasteiger partial charge in [-0.25, -0.2) is 13.1 Å². The molecule has 0 fully saturated rings. The third-order valence-electron chi connectivity index (χ3n) is 3.69. The van der Waals surface area contributed by atoms with Crippen molar-refractivity contribution in [3.63, 3.8) is 0 Å². The van der Waals surface area contributed by atoms with Gasteiger partial charge in [-0.05, 0) is 39.0 Å². The van der Waals surface area contributed by atoms with E-state index in [2.05, 4.69) is 9.82 Å². The smallest absolute Gasteiger partial charge is 0.240 e. The van der Waals surface area contributed by atoms with Gasteiger partial charge in [-0.15, -0.1) is 0 Å². The van der Waals surface area contributed by atoms with Crippen LogP contribution in [0, 0.1) is 13.8 Å². The summed E-state index contributed by atoms with van der Waals surface area (Å²) in [6.45, 7) is 7.80. The maximum absolute atomic E-state index is 12.5. The molecule has 1 aromatic heterocycles. The number of Topliss-reactive ketones (excluding diaryl/α,β-unsaturated/α-hetero) is 1. The van der Waals surface area contributed by atoms with Crippen molar-refractivity contribution in [2.24, 2.45) is 0 Å². The van der Waals surface area contributed by atoms with Crippen LogP contribution in [0.25, 0.3) is 0 Å². The van der Waals surface area contributed by atoms with Crippen molar-refractivity contribution in [3.8, 4) is 0 Å². The molecule has 1 N–H and O–H groups in total. The van der Waals surface area contributed by atoms with E-state index in [4.69, 9.17) is 0 Å². The molecule has 0 aliphatic carbocycles. The van der Waals surface area contributed by atoms with Gasteiger partial charge in [0, 0.05) is 23.7 Å². The topological polar surface area (TPSA) is 81.1 Å². The van der Waals surface area contributed by atoms with E-state index in [0.29, 0.717) is 18.5 Å². The molecule has 1 heterocycles. The minimum atomic E-state index is -3.69. The molecule has 130 valence electrons. The molecular weight excluding hydrogens is 326 g/mol. The Morgan fingerprint density at radius 2 is 2.00 bits per heavy atom. The maximum atomic E-state index is 12.5. The second-order valence-electron chi connectivity index (χ2n) is 5.94. The molecule has 24 heavy (non-hydrogen) atoms. The molecule has 0 bridgehead atoms. The minimum Gasteiger partial charge on any atom is -0.294 e. The number of ketones is 1. The standard InChI is InChI=1S/C17H23N3O3S/c1-5-17(21)15-7-6-8-16(10-15)24(22,23)19-13(3)11-20-14(4)9-12(2)18-20/h6-10,13,19H,5,11H2,1-4H3/t13-/m1/s1. The summed E-state index contributed by atoms with van der Waals surface area (Å²) in [6, 6.07) is 7.74. The molecule has 0 amide bonds. The van der Waals surface area contributed by atoms with E-state index in [1.165, 1.54) is 12.1 Å². The van der Waals surface area contributed by atoms with Gasteiger partial charge in [-0.2, -0.15) is 5.10 Å². The Labute approximate surface area is 142 Å². The molecule has 0 saturated carbocycles. The van der Waals surface area contributed by atoms with Crippen molar-refractivity contribution in [1.82, 2.24) is 14.5 Å². The molecule has 0 spiro atoms. The Morgan fingerprint density at radius 1 is 1.29 bits per heavy atom. The first-order chi connectivity index (χ1) is 11.2. The van der Waals surface area contributed by atoms with Gasteiger partial charge < -0.3 is 0 Å². The SMILES string of the molecule is CCC(=O)c1cccc(S(=O)(=O)N[C@H](C)Cn2nc(C)cc2C)c1. The van der Waals surface area contributed by atoms with Gasteiger partial charge in [-0.3, -0.25) is 9.48 Å². The zero-order chi connectivity index (χ0) is 17.9. The van der Waals surface area contributed by atoms with Gasteiger partial charge in [-0.1, -0.05) is 19.1 Å². The lowest BCUT2D eigenvalue weighted by molar-refractivity contribution is 0.0988. The molecule has 2 rings (SSSR count). The van der Waals surface area contributed by atoms with Gasteiger partial charge in [0.1, 0.15) is 0 Å². The van der Waals surface area contributed by atoms with Crippen LogP contribution in [0.15, 0.2) is 35.2 Å². The summed E-state index contributed by atoms with van der Waals surface area (Å²) in [5, 5.41) is 4.34. The molecule has 1 aromatic carbocycles. The van der Waals surface area contributed by atoms with E-state index in [1.54, 1.807) is 30.7 Å². The van der Waals surface area contributed by atoms with Crippen LogP contribution < -0.4 is 4.72 Å². The van der Waals surface area contributed by atoms with E-state index in [0.717, 1.165) is 11.4 Å². The molecular formula is C17H23N3O3S. The van der Waals surface area contributed by atoms with E-state index in [-0.39, 0.29) is 16.7 Å². The van der Waals surface area contributed by atoms with Crippen LogP contribution in [-0.2, 0) is 16.6 Å². The number of sulfonamides is 1. The van der Waals surface area contributed by atoms with Gasteiger partial charge >= 0.3 is 0 Å². The first-order valence-corrected chi connectivity index (χ1v) is 9.38. The quantitative estimate of drug-likeness (QED) is 0.779. The highest BCUT2D eigenvalue weighted by Crippen LogP contribution is 2.14. The van der Waals surface area contributed by atoms with Crippen molar-refractivity contribution in [2.45, 2.75) is 51.6 Å². The molecule has 6 nitrogen and oxygen atoms in total. The van der Waals surface area contributed by atoms with Gasteiger partial charge in [0.15, 0.2) is 5.78 Å². The number of hydrogen-bond donors (Lipinski definition) is 1. The first-order valence-electron chi connectivity index (χ1n) is 7.89. The summed E-state index contributed by atoms with van der Waals surface area (Å²) in [5.74, 6) is -0.0808. The van der Waals surface area contributed by atoms with Crippen molar-refractivity contribution in [2.75, 3.05) is 0 Å². The molecule has 0 unspecified atom stereocenters. The Balaban J connectivity index is 2.16. The fourth-order valence-electron chi connectivity index (χ4n) is 2.53. The zero-order valence-corrected chi connectivity index (χ0v) is 15.2. The lowest BCUT2D eigenvalue weighted by atomic mass is 10.1. The molecule has 1 atom stereocenters. The number of nitrogens with zero attached hydrogens (tertiary/aromatic N) is 2. The third-order valence-corrected chi connectivity index (χ3v) is 5.28. The Kier molecular flexibility index (Phi) is 5.56. The van der Waals surface area contributed by atoms with Crippen LogP contribution >= 0.6 is 0 Å². The normalized spacial score (nSPS) is 13.0. The van der Waals surface area contributed by atoms with Crippen molar-refractivity contribution < 1.29 is 13.2 Å². The first kappa shape index (κ1) is 18.4. The van der Waals surface area contributed by atoms with E-state index in [9.17, 15) is 13.2 Å². The van der Waals surface area contributed by atoms with Crippen LogP contribution in [0.5, 0.6) is 0 Å². The summed E-state index contributed by atoms with van der Waals surface area (Å²) < 4.78 is 29.5. The van der Waals surface area contributed by atoms with Crippen molar-refractivity contribution >= 4 is 15.8 Å². The average molecular weight is 349 g/mol. The summed E-state index contributed by atoms with van der Waals surface area (Å²) in [4.78, 5) is 11.9. The lowest BCUT2D eigenvalue weighted by Crippen LogP contribution is -2.36. The second-order valence-corrected chi connectivity index (χ2v) is 7.65.